The van der Waals surface area contributed by atoms with Crippen molar-refractivity contribution < 1.29 is 9.84 Å². The molecule has 0 amide bonds. The molecule has 0 N–H and O–H groups in total. The van der Waals surface area contributed by atoms with Crippen molar-refractivity contribution in [1.29, 1.82) is 0 Å². The zero-order valence-electron chi connectivity index (χ0n) is 18.2. The van der Waals surface area contributed by atoms with Crippen molar-refractivity contribution in [3.05, 3.63) is 0 Å². The molecule has 0 fully saturated rings. The highest BCUT2D eigenvalue weighted by molar-refractivity contribution is 4.60. The van der Waals surface area contributed by atoms with Gasteiger partial charge in [0.25, 0.3) is 0 Å². The second-order valence-electron chi connectivity index (χ2n) is 8.08. The molecule has 0 aliphatic rings. The van der Waals surface area contributed by atoms with Gasteiger partial charge in [0, 0.05) is 0 Å². The highest BCUT2D eigenvalue weighted by atomic mass is 16.5. The first-order valence-corrected chi connectivity index (χ1v) is 12.0. The van der Waals surface area contributed by atoms with Gasteiger partial charge in [-0.1, -0.05) is 123 Å². The van der Waals surface area contributed by atoms with Crippen LogP contribution in [0.5, 0.6) is 0 Å². The molecule has 1 radical (unpaired) electrons. The van der Waals surface area contributed by atoms with Crippen LogP contribution in [0.3, 0.4) is 0 Å². The zero-order chi connectivity index (χ0) is 19.1. The normalized spacial score (nSPS) is 12.6. The van der Waals surface area contributed by atoms with Crippen LogP contribution in [0.4, 0.5) is 0 Å². The Morgan fingerprint density at radius 3 is 1.23 bits per heavy atom. The standard InChI is InChI=1S/C24H49O2/c1-3-5-7-9-11-12-13-15-17-19-21-24(26-23-22-25)20-18-16-14-10-8-6-4-2/h24H,3-23H2,1-2H3. The molecule has 1 unspecified atom stereocenters. The third kappa shape index (κ3) is 20.2. The minimum Gasteiger partial charge on any atom is -0.376 e. The van der Waals surface area contributed by atoms with E-state index in [1.807, 2.05) is 0 Å². The summed E-state index contributed by atoms with van der Waals surface area (Å²) >= 11 is 0. The Morgan fingerprint density at radius 1 is 0.538 bits per heavy atom. The Labute approximate surface area is 165 Å². The average Bonchev–Trinajstić information content (AvgIpc) is 2.66. The van der Waals surface area contributed by atoms with E-state index in [1.165, 1.54) is 109 Å². The molecule has 0 saturated carbocycles. The van der Waals surface area contributed by atoms with Crippen LogP contribution < -0.4 is 0 Å². The largest absolute Gasteiger partial charge is 0.376 e. The molecule has 0 bridgehead atoms. The smallest absolute Gasteiger partial charge is 0.106 e. The maximum Gasteiger partial charge on any atom is 0.106 e. The van der Waals surface area contributed by atoms with Gasteiger partial charge < -0.3 is 4.74 Å². The molecule has 2 heteroatoms. The van der Waals surface area contributed by atoms with E-state index in [4.69, 9.17) is 4.74 Å². The Balaban J connectivity index is 3.52. The van der Waals surface area contributed by atoms with Crippen LogP contribution in [0.25, 0.3) is 0 Å². The second kappa shape index (κ2) is 23.0. The maximum atomic E-state index is 10.7. The molecule has 0 spiro atoms. The summed E-state index contributed by atoms with van der Waals surface area (Å²) in [4.78, 5) is 0. The molecule has 1 atom stereocenters. The quantitative estimate of drug-likeness (QED) is 0.177. The number of hydrogen-bond donors (Lipinski definition) is 0. The average molecular weight is 370 g/mol. The Morgan fingerprint density at radius 2 is 0.885 bits per heavy atom. The fraction of sp³-hybridized carbons (Fsp3) is 1.00. The van der Waals surface area contributed by atoms with Crippen molar-refractivity contribution in [1.82, 2.24) is 0 Å². The topological polar surface area (TPSA) is 29.1 Å². The van der Waals surface area contributed by atoms with Crippen molar-refractivity contribution in [3.63, 3.8) is 0 Å². The third-order valence-corrected chi connectivity index (χ3v) is 5.45. The maximum absolute atomic E-state index is 10.7. The molecule has 157 valence electrons. The summed E-state index contributed by atoms with van der Waals surface area (Å²) in [5, 5.41) is 10.7. The molecule has 0 heterocycles. The lowest BCUT2D eigenvalue weighted by atomic mass is 10.0. The van der Waals surface area contributed by atoms with Crippen molar-refractivity contribution in [2.45, 2.75) is 142 Å². The van der Waals surface area contributed by atoms with E-state index in [0.29, 0.717) is 12.7 Å². The number of unbranched alkanes of at least 4 members (excludes halogenated alkanes) is 15. The lowest BCUT2D eigenvalue weighted by Gasteiger charge is -2.17. The van der Waals surface area contributed by atoms with Crippen LogP contribution in [-0.2, 0) is 9.84 Å². The minimum atomic E-state index is -0.0917. The van der Waals surface area contributed by atoms with E-state index in [2.05, 4.69) is 13.8 Å². The van der Waals surface area contributed by atoms with Crippen LogP contribution >= 0.6 is 0 Å². The van der Waals surface area contributed by atoms with Crippen molar-refractivity contribution >= 4 is 0 Å². The summed E-state index contributed by atoms with van der Waals surface area (Å²) in [7, 11) is 0. The van der Waals surface area contributed by atoms with Crippen molar-refractivity contribution in [3.8, 4) is 0 Å². The minimum absolute atomic E-state index is 0.0917. The van der Waals surface area contributed by atoms with Crippen LogP contribution in [0.1, 0.15) is 136 Å². The summed E-state index contributed by atoms with van der Waals surface area (Å²) in [6.45, 7) is 4.86. The molecule has 2 nitrogen and oxygen atoms in total. The third-order valence-electron chi connectivity index (χ3n) is 5.45. The highest BCUT2D eigenvalue weighted by Crippen LogP contribution is 2.17. The van der Waals surface area contributed by atoms with Gasteiger partial charge in [-0.25, -0.2) is 5.11 Å². The van der Waals surface area contributed by atoms with Gasteiger partial charge in [0.2, 0.25) is 0 Å². The van der Waals surface area contributed by atoms with Gasteiger partial charge >= 0.3 is 0 Å². The fourth-order valence-corrected chi connectivity index (χ4v) is 3.71. The van der Waals surface area contributed by atoms with Crippen LogP contribution in [0.2, 0.25) is 0 Å². The van der Waals surface area contributed by atoms with E-state index in [1.54, 1.807) is 0 Å². The SMILES string of the molecule is CCCCCCCCCCCCC(CCCCCCCCC)OCC[O]. The monoisotopic (exact) mass is 369 g/mol. The molecule has 0 aromatic heterocycles. The first-order chi connectivity index (χ1) is 12.8. The predicted octanol–water partition coefficient (Wildman–Crippen LogP) is 8.25. The number of rotatable bonds is 22. The summed E-state index contributed by atoms with van der Waals surface area (Å²) < 4.78 is 5.81. The van der Waals surface area contributed by atoms with Gasteiger partial charge in [-0.05, 0) is 12.8 Å². The molecule has 0 aliphatic carbocycles. The van der Waals surface area contributed by atoms with E-state index in [0.717, 1.165) is 12.8 Å². The molecular weight excluding hydrogens is 320 g/mol. The molecule has 0 rings (SSSR count). The molecule has 0 aromatic rings. The molecule has 0 aliphatic heterocycles. The van der Waals surface area contributed by atoms with Gasteiger partial charge in [0.15, 0.2) is 0 Å². The fourth-order valence-electron chi connectivity index (χ4n) is 3.71. The van der Waals surface area contributed by atoms with Gasteiger partial charge in [0.05, 0.1) is 12.7 Å². The van der Waals surface area contributed by atoms with Crippen LogP contribution in [0.15, 0.2) is 0 Å². The number of ether oxygens (including phenoxy) is 1. The van der Waals surface area contributed by atoms with Crippen molar-refractivity contribution in [2.75, 3.05) is 13.2 Å². The summed E-state index contributed by atoms with van der Waals surface area (Å²) in [6, 6.07) is 0. The van der Waals surface area contributed by atoms with Crippen LogP contribution in [0, 0.1) is 0 Å². The lowest BCUT2D eigenvalue weighted by molar-refractivity contribution is 0.00216. The summed E-state index contributed by atoms with van der Waals surface area (Å²) in [5.41, 5.74) is 0. The Hall–Kier alpha value is -0.0800. The summed E-state index contributed by atoms with van der Waals surface area (Å²) in [6.07, 6.45) is 25.9. The van der Waals surface area contributed by atoms with E-state index < -0.39 is 0 Å². The van der Waals surface area contributed by atoms with Gasteiger partial charge in [0.1, 0.15) is 6.61 Å². The van der Waals surface area contributed by atoms with E-state index in [-0.39, 0.29) is 6.61 Å². The molecule has 26 heavy (non-hydrogen) atoms. The summed E-state index contributed by atoms with van der Waals surface area (Å²) in [5.74, 6) is 0. The number of hydrogen-bond acceptors (Lipinski definition) is 1. The zero-order valence-corrected chi connectivity index (χ0v) is 18.2. The van der Waals surface area contributed by atoms with Gasteiger partial charge in [-0.15, -0.1) is 0 Å². The first kappa shape index (κ1) is 25.9. The Kier molecular flexibility index (Phi) is 22.9. The Bertz CT molecular complexity index is 242. The first-order valence-electron chi connectivity index (χ1n) is 12.0. The van der Waals surface area contributed by atoms with Gasteiger partial charge in [-0.2, -0.15) is 0 Å². The lowest BCUT2D eigenvalue weighted by Crippen LogP contribution is -2.15. The van der Waals surface area contributed by atoms with E-state index in [9.17, 15) is 5.11 Å². The van der Waals surface area contributed by atoms with Gasteiger partial charge in [-0.3, -0.25) is 0 Å². The van der Waals surface area contributed by atoms with Crippen LogP contribution in [-0.4, -0.2) is 19.3 Å². The van der Waals surface area contributed by atoms with E-state index >= 15 is 0 Å². The molecule has 0 saturated heterocycles. The van der Waals surface area contributed by atoms with Crippen molar-refractivity contribution in [2.24, 2.45) is 0 Å². The second-order valence-corrected chi connectivity index (χ2v) is 8.08. The molecular formula is C24H49O2. The predicted molar refractivity (Wildman–Crippen MR) is 114 cm³/mol. The highest BCUT2D eigenvalue weighted by Gasteiger charge is 2.08. The molecule has 0 aromatic carbocycles.